The number of nitriles is 1. The quantitative estimate of drug-likeness (QED) is 0.213. The second kappa shape index (κ2) is 11.0. The summed E-state index contributed by atoms with van der Waals surface area (Å²) in [5.74, 6) is 0.583. The Kier molecular flexibility index (Phi) is 7.47. The van der Waals surface area contributed by atoms with Gasteiger partial charge in [-0.25, -0.2) is 23.1 Å². The van der Waals surface area contributed by atoms with Crippen LogP contribution >= 0.6 is 11.3 Å². The van der Waals surface area contributed by atoms with Crippen LogP contribution in [0.3, 0.4) is 0 Å². The Morgan fingerprint density at radius 1 is 1.17 bits per heavy atom. The average molecular weight is 670 g/mol. The molecule has 0 spiro atoms. The number of rotatable bonds is 10. The van der Waals surface area contributed by atoms with Gasteiger partial charge in [0.05, 0.1) is 11.8 Å². The highest BCUT2D eigenvalue weighted by Crippen LogP contribution is 2.68. The molecule has 4 fully saturated rings. The molecule has 1 saturated heterocycles. The van der Waals surface area contributed by atoms with Gasteiger partial charge in [0.25, 0.3) is 0 Å². The van der Waals surface area contributed by atoms with Crippen molar-refractivity contribution in [3.05, 3.63) is 64.3 Å². The van der Waals surface area contributed by atoms with Crippen molar-refractivity contribution in [2.75, 3.05) is 18.4 Å². The second-order valence-electron chi connectivity index (χ2n) is 13.3. The number of benzene rings is 1. The summed E-state index contributed by atoms with van der Waals surface area (Å²) in [6, 6.07) is 10.3. The summed E-state index contributed by atoms with van der Waals surface area (Å²) < 4.78 is 67.6. The molecule has 0 atom stereocenters. The lowest BCUT2D eigenvalue weighted by molar-refractivity contribution is -0.151. The molecule has 3 aliphatic carbocycles. The third-order valence-electron chi connectivity index (χ3n) is 9.87. The monoisotopic (exact) mass is 669 g/mol. The Morgan fingerprint density at radius 2 is 1.91 bits per heavy atom. The van der Waals surface area contributed by atoms with E-state index in [-0.39, 0.29) is 21.9 Å². The van der Waals surface area contributed by atoms with Crippen LogP contribution in [0.1, 0.15) is 53.8 Å². The number of aryl methyl sites for hydroxylation is 1. The fraction of sp³-hybridized carbons (Fsp3) is 0.469. The predicted octanol–water partition coefficient (Wildman–Crippen LogP) is 5.99. The van der Waals surface area contributed by atoms with Gasteiger partial charge < -0.3 is 9.88 Å². The first kappa shape index (κ1) is 31.1. The minimum absolute atomic E-state index is 0.00146. The van der Waals surface area contributed by atoms with Crippen molar-refractivity contribution < 1.29 is 21.6 Å². The number of alkyl halides is 3. The van der Waals surface area contributed by atoms with Crippen molar-refractivity contribution in [2.24, 2.45) is 5.41 Å². The minimum atomic E-state index is -4.27. The van der Waals surface area contributed by atoms with E-state index in [1.807, 2.05) is 6.07 Å². The van der Waals surface area contributed by atoms with Crippen LogP contribution in [0.25, 0.3) is 21.1 Å². The number of fused-ring (bicyclic) bond motifs is 2. The van der Waals surface area contributed by atoms with Crippen molar-refractivity contribution in [3.8, 4) is 6.07 Å². The Morgan fingerprint density at radius 3 is 2.59 bits per heavy atom. The first-order valence-electron chi connectivity index (χ1n) is 15.3. The van der Waals surface area contributed by atoms with Gasteiger partial charge in [0, 0.05) is 58.9 Å². The zero-order chi connectivity index (χ0) is 32.5. The maximum Gasteiger partial charge on any atom is 0.393 e. The van der Waals surface area contributed by atoms with Gasteiger partial charge in [-0.3, -0.25) is 4.90 Å². The van der Waals surface area contributed by atoms with Gasteiger partial charge >= 0.3 is 6.18 Å². The highest BCUT2D eigenvalue weighted by molar-refractivity contribution is 7.92. The fourth-order valence-electron chi connectivity index (χ4n) is 7.88. The molecule has 0 unspecified atom stereocenters. The smallest absolute Gasteiger partial charge is 0.367 e. The molecule has 4 heterocycles. The maximum atomic E-state index is 12.9. The topological polar surface area (TPSA) is 116 Å². The Labute approximate surface area is 269 Å². The summed E-state index contributed by atoms with van der Waals surface area (Å²) in [5, 5.41) is 16.1. The van der Waals surface area contributed by atoms with Crippen LogP contribution in [-0.4, -0.2) is 58.7 Å². The standard InChI is InChI=1S/C32H34F3N7O2S2/c1-3-46(43,44)40-31-15-30(16-31,17-31)18-42-23(13-36)10-25-20(2)21(4-5-27(25)42)14-41-8-6-22(7-9-41)39-28-26-11-24(12-32(33,34)35)45-29(26)38-19-37-28/h3-5,10-11,19,22,40H,1,6-9,12,14-18H2,2H3,(H,37,38,39). The molecule has 4 aliphatic rings. The van der Waals surface area contributed by atoms with Crippen molar-refractivity contribution in [1.82, 2.24) is 24.2 Å². The molecule has 9 nitrogen and oxygen atoms in total. The zero-order valence-electron chi connectivity index (χ0n) is 25.3. The molecule has 1 aliphatic heterocycles. The Balaban J connectivity index is 0.991. The molecule has 3 saturated carbocycles. The third-order valence-corrected chi connectivity index (χ3v) is 12.1. The average Bonchev–Trinajstić information content (AvgIpc) is 3.54. The summed E-state index contributed by atoms with van der Waals surface area (Å²) in [5.41, 5.74) is 3.61. The molecule has 2 bridgehead atoms. The molecule has 8 rings (SSSR count). The Hall–Kier alpha value is -3.51. The van der Waals surface area contributed by atoms with E-state index < -0.39 is 22.6 Å². The van der Waals surface area contributed by atoms with Gasteiger partial charge in [0.1, 0.15) is 28.7 Å². The van der Waals surface area contributed by atoms with Gasteiger partial charge in [-0.2, -0.15) is 18.4 Å². The summed E-state index contributed by atoms with van der Waals surface area (Å²) >= 11 is 1.05. The van der Waals surface area contributed by atoms with E-state index >= 15 is 0 Å². The minimum Gasteiger partial charge on any atom is -0.367 e. The maximum absolute atomic E-state index is 12.9. The zero-order valence-corrected chi connectivity index (χ0v) is 27.0. The molecule has 0 amide bonds. The van der Waals surface area contributed by atoms with Crippen LogP contribution in [0.5, 0.6) is 0 Å². The number of hydrogen-bond donors (Lipinski definition) is 2. The number of nitrogens with one attached hydrogen (secondary N) is 2. The summed E-state index contributed by atoms with van der Waals surface area (Å²) in [7, 11) is -3.48. The Bertz CT molecular complexity index is 1980. The molecule has 2 N–H and O–H groups in total. The summed E-state index contributed by atoms with van der Waals surface area (Å²) in [6.45, 7) is 8.67. The van der Waals surface area contributed by atoms with E-state index in [1.54, 1.807) is 6.07 Å². The summed E-state index contributed by atoms with van der Waals surface area (Å²) in [4.78, 5) is 11.7. The third kappa shape index (κ3) is 5.78. The van der Waals surface area contributed by atoms with Crippen LogP contribution in [0, 0.1) is 23.7 Å². The molecule has 1 aromatic carbocycles. The number of anilines is 1. The first-order valence-corrected chi connectivity index (χ1v) is 17.6. The number of thiophene rings is 1. The van der Waals surface area contributed by atoms with E-state index in [9.17, 15) is 26.9 Å². The van der Waals surface area contributed by atoms with Crippen LogP contribution in [-0.2, 0) is 29.5 Å². The van der Waals surface area contributed by atoms with Gasteiger partial charge in [-0.1, -0.05) is 12.6 Å². The second-order valence-corrected chi connectivity index (χ2v) is 16.0. The molecular weight excluding hydrogens is 636 g/mol. The number of piperidine rings is 1. The largest absolute Gasteiger partial charge is 0.393 e. The van der Waals surface area contributed by atoms with E-state index in [1.165, 1.54) is 11.9 Å². The number of nitrogens with zero attached hydrogens (tertiary/aromatic N) is 5. The van der Waals surface area contributed by atoms with E-state index in [2.05, 4.69) is 61.2 Å². The molecule has 0 radical (unpaired) electrons. The van der Waals surface area contributed by atoms with Gasteiger partial charge in [-0.05, 0) is 73.8 Å². The number of hydrogen-bond acceptors (Lipinski definition) is 8. The number of halogens is 3. The first-order chi connectivity index (χ1) is 21.8. The van der Waals surface area contributed by atoms with Crippen LogP contribution in [0.4, 0.5) is 19.0 Å². The fourth-order valence-corrected chi connectivity index (χ4v) is 9.81. The van der Waals surface area contributed by atoms with Crippen LogP contribution < -0.4 is 10.0 Å². The lowest BCUT2D eigenvalue weighted by Gasteiger charge is -2.70. The molecule has 4 aromatic rings. The van der Waals surface area contributed by atoms with E-state index in [0.717, 1.165) is 84.9 Å². The number of aromatic nitrogens is 3. The molecular formula is C32H34F3N7O2S2. The number of likely N-dealkylation sites (tertiary alicyclic amines) is 1. The highest BCUT2D eigenvalue weighted by atomic mass is 32.2. The van der Waals surface area contributed by atoms with E-state index in [4.69, 9.17) is 0 Å². The number of sulfonamides is 1. The lowest BCUT2D eigenvalue weighted by atomic mass is 9.40. The van der Waals surface area contributed by atoms with E-state index in [0.29, 0.717) is 28.3 Å². The van der Waals surface area contributed by atoms with Crippen molar-refractivity contribution in [3.63, 3.8) is 0 Å². The molecule has 46 heavy (non-hydrogen) atoms. The predicted molar refractivity (Wildman–Crippen MR) is 172 cm³/mol. The summed E-state index contributed by atoms with van der Waals surface area (Å²) in [6.07, 6.45) is 0.176. The normalized spacial score (nSPS) is 23.6. The van der Waals surface area contributed by atoms with Crippen LogP contribution in [0.15, 0.2) is 42.6 Å². The van der Waals surface area contributed by atoms with Gasteiger partial charge in [-0.15, -0.1) is 11.3 Å². The molecule has 242 valence electrons. The van der Waals surface area contributed by atoms with Gasteiger partial charge in [0.15, 0.2) is 0 Å². The van der Waals surface area contributed by atoms with Gasteiger partial charge in [0.2, 0.25) is 10.0 Å². The lowest BCUT2D eigenvalue weighted by Crippen LogP contribution is -2.75. The van der Waals surface area contributed by atoms with Crippen molar-refractivity contribution in [1.29, 1.82) is 5.26 Å². The SMILES string of the molecule is C=CS(=O)(=O)NC12CC(Cn3c(C#N)cc4c(C)c(CN5CCC(Nc6ncnc7sc(CC(F)(F)F)cc67)CC5)ccc43)(C1)C2. The van der Waals surface area contributed by atoms with Crippen molar-refractivity contribution >= 4 is 48.3 Å². The molecule has 14 heteroatoms. The molecule has 3 aromatic heterocycles. The van der Waals surface area contributed by atoms with Crippen molar-refractivity contribution in [2.45, 2.75) is 76.3 Å². The highest BCUT2D eigenvalue weighted by Gasteiger charge is 2.68. The van der Waals surface area contributed by atoms with Crippen LogP contribution in [0.2, 0.25) is 0 Å².